The molecule has 278 valence electrons. The Balaban J connectivity index is 1.53. The molecule has 4 rings (SSSR count). The Morgan fingerprint density at radius 3 is 2.08 bits per heavy atom. The van der Waals surface area contributed by atoms with Gasteiger partial charge in [0, 0.05) is 26.1 Å². The van der Waals surface area contributed by atoms with Crippen molar-refractivity contribution in [2.75, 3.05) is 26.0 Å². The first kappa shape index (κ1) is 39.8. The van der Waals surface area contributed by atoms with Crippen molar-refractivity contribution in [3.8, 4) is 11.1 Å². The topological polar surface area (TPSA) is 139 Å². The van der Waals surface area contributed by atoms with Crippen molar-refractivity contribution in [2.45, 2.75) is 50.8 Å². The number of carboxylic acids is 1. The monoisotopic (exact) mass is 732 g/mol. The molecule has 4 aromatic rings. The van der Waals surface area contributed by atoms with Gasteiger partial charge in [0.05, 0.1) is 22.9 Å². The number of amides is 2. The summed E-state index contributed by atoms with van der Waals surface area (Å²) in [5.74, 6) is -4.49. The van der Waals surface area contributed by atoms with Crippen LogP contribution in [0.5, 0.6) is 0 Å². The highest BCUT2D eigenvalue weighted by Gasteiger charge is 2.51. The van der Waals surface area contributed by atoms with Gasteiger partial charge in [-0.3, -0.25) is 24.0 Å². The van der Waals surface area contributed by atoms with Crippen LogP contribution >= 0.6 is 0 Å². The summed E-state index contributed by atoms with van der Waals surface area (Å²) >= 11 is 0. The van der Waals surface area contributed by atoms with Gasteiger partial charge in [-0.25, -0.2) is 0 Å². The largest absolute Gasteiger partial charge is 0.480 e. The van der Waals surface area contributed by atoms with E-state index < -0.39 is 59.6 Å². The minimum Gasteiger partial charge on any atom is -0.480 e. The number of esters is 2. The van der Waals surface area contributed by atoms with E-state index in [-0.39, 0.29) is 35.2 Å². The van der Waals surface area contributed by atoms with Crippen LogP contribution in [0.1, 0.15) is 64.1 Å². The number of alkyl halides is 3. The molecule has 0 saturated heterocycles. The maximum atomic E-state index is 13.6. The number of anilines is 1. The number of aryl methyl sites for hydroxylation is 1. The number of carboxylic acid groups (broad SMARTS) is 1. The number of halogens is 3. The average Bonchev–Trinajstić information content (AvgIpc) is 3.14. The molecule has 0 aliphatic heterocycles. The summed E-state index contributed by atoms with van der Waals surface area (Å²) in [4.78, 5) is 67.0. The van der Waals surface area contributed by atoms with Crippen molar-refractivity contribution in [3.05, 3.63) is 125 Å². The SMILES string of the molecule is CCC(C)OC(=O)C(COC(=O)CCc1ccc(NC(=O)c2ccccc2-c2ccc(C(F)(F)F)cc2)c(C(=O)N(C)C)c1)(C(=O)O)c1ccccc1. The molecule has 0 aliphatic rings. The van der Waals surface area contributed by atoms with E-state index >= 15 is 0 Å². The number of hydrogen-bond acceptors (Lipinski definition) is 7. The van der Waals surface area contributed by atoms with Crippen molar-refractivity contribution in [2.24, 2.45) is 0 Å². The van der Waals surface area contributed by atoms with E-state index in [2.05, 4.69) is 5.32 Å². The maximum Gasteiger partial charge on any atom is 0.416 e. The Bertz CT molecular complexity index is 1960. The summed E-state index contributed by atoms with van der Waals surface area (Å²) in [5.41, 5.74) is -1.38. The predicted molar refractivity (Wildman–Crippen MR) is 190 cm³/mol. The van der Waals surface area contributed by atoms with E-state index in [0.29, 0.717) is 23.1 Å². The van der Waals surface area contributed by atoms with E-state index in [0.717, 1.165) is 12.1 Å². The van der Waals surface area contributed by atoms with E-state index in [9.17, 15) is 42.3 Å². The van der Waals surface area contributed by atoms with E-state index in [1.165, 1.54) is 61.5 Å². The summed E-state index contributed by atoms with van der Waals surface area (Å²) in [6.45, 7) is 2.58. The highest BCUT2D eigenvalue weighted by atomic mass is 19.4. The van der Waals surface area contributed by atoms with Crippen LogP contribution in [0.4, 0.5) is 18.9 Å². The molecule has 2 unspecified atom stereocenters. The molecule has 10 nitrogen and oxygen atoms in total. The Labute approximate surface area is 304 Å². The summed E-state index contributed by atoms with van der Waals surface area (Å²) in [7, 11) is 3.04. The van der Waals surface area contributed by atoms with Gasteiger partial charge in [-0.1, -0.05) is 73.7 Å². The molecule has 0 aromatic heterocycles. The first-order chi connectivity index (χ1) is 25.1. The number of carbonyl (C=O) groups excluding carboxylic acids is 4. The third-order valence-corrected chi connectivity index (χ3v) is 8.59. The average molecular weight is 733 g/mol. The third kappa shape index (κ3) is 9.47. The highest BCUT2D eigenvalue weighted by Crippen LogP contribution is 2.33. The smallest absolute Gasteiger partial charge is 0.416 e. The molecule has 53 heavy (non-hydrogen) atoms. The summed E-state index contributed by atoms with van der Waals surface area (Å²) in [5, 5.41) is 13.0. The van der Waals surface area contributed by atoms with Crippen molar-refractivity contribution in [3.63, 3.8) is 0 Å². The minimum atomic E-state index is -4.52. The second-order valence-electron chi connectivity index (χ2n) is 12.5. The molecule has 0 spiro atoms. The van der Waals surface area contributed by atoms with Crippen LogP contribution in [0.25, 0.3) is 11.1 Å². The molecule has 2 N–H and O–H groups in total. The van der Waals surface area contributed by atoms with Crippen LogP contribution in [-0.4, -0.2) is 66.5 Å². The van der Waals surface area contributed by atoms with Crippen molar-refractivity contribution in [1.29, 1.82) is 0 Å². The zero-order valence-electron chi connectivity index (χ0n) is 29.5. The summed E-state index contributed by atoms with van der Waals surface area (Å²) in [6.07, 6.45) is -4.85. The van der Waals surface area contributed by atoms with E-state index in [1.54, 1.807) is 56.3 Å². The van der Waals surface area contributed by atoms with E-state index in [4.69, 9.17) is 9.47 Å². The Morgan fingerprint density at radius 1 is 0.830 bits per heavy atom. The molecular formula is C40H39F3N2O8. The van der Waals surface area contributed by atoms with Gasteiger partial charge in [-0.15, -0.1) is 0 Å². The fourth-order valence-corrected chi connectivity index (χ4v) is 5.36. The molecule has 0 bridgehead atoms. The standard InChI is InChI=1S/C40H39F3N2O8/c1-5-25(2)53-38(51)39(37(49)50,28-11-7-6-8-12-28)24-52-34(46)22-16-26-15-21-33(32(23-26)36(48)45(3)4)44-35(47)31-14-10-9-13-30(31)27-17-19-29(20-18-27)40(41,42)43/h6-15,17-21,23,25H,5,16,22,24H2,1-4H3,(H,44,47)(H,49,50). The number of hydrogen-bond donors (Lipinski definition) is 2. The summed E-state index contributed by atoms with van der Waals surface area (Å²) in [6, 6.07) is 23.0. The lowest BCUT2D eigenvalue weighted by Crippen LogP contribution is -2.50. The van der Waals surface area contributed by atoms with Crippen LogP contribution in [0.15, 0.2) is 97.1 Å². The molecule has 0 aliphatic carbocycles. The van der Waals surface area contributed by atoms with Gasteiger partial charge in [-0.2, -0.15) is 13.2 Å². The lowest BCUT2D eigenvalue weighted by Gasteiger charge is -2.28. The quantitative estimate of drug-likeness (QED) is 0.103. The number of nitrogens with one attached hydrogen (secondary N) is 1. The van der Waals surface area contributed by atoms with Crippen LogP contribution < -0.4 is 5.32 Å². The fourth-order valence-electron chi connectivity index (χ4n) is 5.36. The van der Waals surface area contributed by atoms with Gasteiger partial charge < -0.3 is 24.8 Å². The Morgan fingerprint density at radius 2 is 1.47 bits per heavy atom. The predicted octanol–water partition coefficient (Wildman–Crippen LogP) is 7.17. The molecule has 13 heteroatoms. The first-order valence-electron chi connectivity index (χ1n) is 16.7. The normalized spacial score (nSPS) is 12.9. The van der Waals surface area contributed by atoms with Gasteiger partial charge in [0.15, 0.2) is 0 Å². The number of carbonyl (C=O) groups is 5. The molecule has 0 saturated carbocycles. The van der Waals surface area contributed by atoms with Gasteiger partial charge in [0.2, 0.25) is 5.41 Å². The molecular weight excluding hydrogens is 693 g/mol. The number of rotatable bonds is 14. The molecule has 2 amide bonds. The first-order valence-corrected chi connectivity index (χ1v) is 16.7. The number of aliphatic carboxylic acids is 1. The van der Waals surface area contributed by atoms with Crippen molar-refractivity contribution in [1.82, 2.24) is 4.90 Å². The number of nitrogens with zero attached hydrogens (tertiary/aromatic N) is 1. The lowest BCUT2D eigenvalue weighted by molar-refractivity contribution is -0.170. The lowest BCUT2D eigenvalue weighted by atomic mass is 9.81. The van der Waals surface area contributed by atoms with E-state index in [1.807, 2.05) is 0 Å². The summed E-state index contributed by atoms with van der Waals surface area (Å²) < 4.78 is 50.2. The molecule has 0 radical (unpaired) electrons. The van der Waals surface area contributed by atoms with Gasteiger partial charge in [-0.05, 0) is 72.4 Å². The number of ether oxygens (including phenoxy) is 2. The number of benzene rings is 4. The van der Waals surface area contributed by atoms with Crippen LogP contribution in [0, 0.1) is 0 Å². The van der Waals surface area contributed by atoms with Crippen molar-refractivity contribution >= 4 is 35.4 Å². The molecule has 0 heterocycles. The minimum absolute atomic E-state index is 0.0558. The Hall–Kier alpha value is -5.98. The molecule has 2 atom stereocenters. The third-order valence-electron chi connectivity index (χ3n) is 8.59. The van der Waals surface area contributed by atoms with Crippen LogP contribution in [0.2, 0.25) is 0 Å². The second kappa shape index (κ2) is 17.0. The Kier molecular flexibility index (Phi) is 12.8. The molecule has 4 aromatic carbocycles. The van der Waals surface area contributed by atoms with Crippen molar-refractivity contribution < 1.29 is 51.7 Å². The van der Waals surface area contributed by atoms with Crippen LogP contribution in [-0.2, 0) is 41.9 Å². The highest BCUT2D eigenvalue weighted by molar-refractivity contribution is 6.12. The zero-order valence-corrected chi connectivity index (χ0v) is 29.5. The molecule has 0 fully saturated rings. The second-order valence-corrected chi connectivity index (χ2v) is 12.5. The van der Waals surface area contributed by atoms with Gasteiger partial charge in [0.1, 0.15) is 6.61 Å². The maximum absolute atomic E-state index is 13.6. The fraction of sp³-hybridized carbons (Fsp3) is 0.275. The van der Waals surface area contributed by atoms with Crippen LogP contribution in [0.3, 0.4) is 0 Å². The zero-order chi connectivity index (χ0) is 38.9. The van der Waals surface area contributed by atoms with Gasteiger partial charge in [0.25, 0.3) is 11.8 Å². The van der Waals surface area contributed by atoms with Gasteiger partial charge >= 0.3 is 24.1 Å².